The van der Waals surface area contributed by atoms with Crippen molar-refractivity contribution in [1.82, 2.24) is 0 Å². The van der Waals surface area contributed by atoms with E-state index in [2.05, 4.69) is 0 Å². The first-order chi connectivity index (χ1) is 6.62. The molecular weight excluding hydrogens is 252 g/mol. The van der Waals surface area contributed by atoms with E-state index in [9.17, 15) is 0 Å². The van der Waals surface area contributed by atoms with Crippen molar-refractivity contribution in [1.29, 1.82) is 0 Å². The molecule has 1 aromatic rings. The molecule has 0 heterocycles. The Bertz CT molecular complexity index is 346. The lowest BCUT2D eigenvalue weighted by Gasteiger charge is -2.24. The summed E-state index contributed by atoms with van der Waals surface area (Å²) in [5, 5.41) is 1.19. The van der Waals surface area contributed by atoms with Crippen LogP contribution in [0.4, 0.5) is 0 Å². The molecule has 0 bridgehead atoms. The van der Waals surface area contributed by atoms with Crippen LogP contribution in [-0.2, 0) is 5.54 Å². The molecule has 2 rings (SSSR count). The molecule has 15 heavy (non-hydrogen) atoms. The van der Waals surface area contributed by atoms with Crippen LogP contribution in [0.3, 0.4) is 0 Å². The van der Waals surface area contributed by atoms with Crippen molar-refractivity contribution < 1.29 is 0 Å². The summed E-state index contributed by atoms with van der Waals surface area (Å²) in [6, 6.07) is 5.71. The van der Waals surface area contributed by atoms with E-state index in [4.69, 9.17) is 28.9 Å². The van der Waals surface area contributed by atoms with E-state index in [0.717, 1.165) is 18.4 Å². The minimum absolute atomic E-state index is 0. The Morgan fingerprint density at radius 3 is 2.20 bits per heavy atom. The monoisotopic (exact) mass is 265 g/mol. The molecule has 0 spiro atoms. The third-order valence-electron chi connectivity index (χ3n) is 2.99. The molecule has 1 aliphatic carbocycles. The first-order valence-electron chi connectivity index (χ1n) is 4.86. The highest BCUT2D eigenvalue weighted by Gasteiger charge is 2.31. The summed E-state index contributed by atoms with van der Waals surface area (Å²) in [7, 11) is 0. The van der Waals surface area contributed by atoms with E-state index in [-0.39, 0.29) is 17.9 Å². The van der Waals surface area contributed by atoms with Gasteiger partial charge in [-0.3, -0.25) is 0 Å². The number of halogens is 3. The van der Waals surface area contributed by atoms with Gasteiger partial charge < -0.3 is 5.73 Å². The van der Waals surface area contributed by atoms with Gasteiger partial charge in [0.05, 0.1) is 10.0 Å². The standard InChI is InChI=1S/C11H13Cl2N.ClH/c12-9-4-3-8(7-10(9)13)11(14)5-1-2-6-11;/h3-4,7H,1-2,5-6,14H2;1H. The molecule has 2 N–H and O–H groups in total. The number of hydrogen-bond donors (Lipinski definition) is 1. The second-order valence-electron chi connectivity index (χ2n) is 3.99. The van der Waals surface area contributed by atoms with E-state index in [1.165, 1.54) is 12.8 Å². The van der Waals surface area contributed by atoms with Crippen LogP contribution < -0.4 is 5.73 Å². The molecule has 1 saturated carbocycles. The normalized spacial score (nSPS) is 18.6. The number of hydrogen-bond acceptors (Lipinski definition) is 1. The zero-order valence-corrected chi connectivity index (χ0v) is 10.6. The van der Waals surface area contributed by atoms with Crippen LogP contribution in [0.5, 0.6) is 0 Å². The topological polar surface area (TPSA) is 26.0 Å². The summed E-state index contributed by atoms with van der Waals surface area (Å²) in [6.07, 6.45) is 4.50. The second-order valence-corrected chi connectivity index (χ2v) is 4.81. The van der Waals surface area contributed by atoms with E-state index in [1.807, 2.05) is 18.2 Å². The molecule has 0 aromatic heterocycles. The van der Waals surface area contributed by atoms with Crippen LogP contribution in [0, 0.1) is 0 Å². The Kier molecular flexibility index (Phi) is 4.30. The number of rotatable bonds is 1. The van der Waals surface area contributed by atoms with Crippen molar-refractivity contribution in [2.75, 3.05) is 0 Å². The molecule has 0 amide bonds. The maximum absolute atomic E-state index is 6.30. The van der Waals surface area contributed by atoms with Crippen molar-refractivity contribution in [2.45, 2.75) is 31.2 Å². The van der Waals surface area contributed by atoms with Gasteiger partial charge in [-0.25, -0.2) is 0 Å². The van der Waals surface area contributed by atoms with Crippen LogP contribution in [0.25, 0.3) is 0 Å². The van der Waals surface area contributed by atoms with Gasteiger partial charge >= 0.3 is 0 Å². The van der Waals surface area contributed by atoms with Gasteiger partial charge in [-0.2, -0.15) is 0 Å². The van der Waals surface area contributed by atoms with E-state index in [0.29, 0.717) is 10.0 Å². The number of benzene rings is 1. The Morgan fingerprint density at radius 1 is 1.07 bits per heavy atom. The summed E-state index contributed by atoms with van der Waals surface area (Å²) in [4.78, 5) is 0. The van der Waals surface area contributed by atoms with E-state index >= 15 is 0 Å². The molecule has 0 radical (unpaired) electrons. The Morgan fingerprint density at radius 2 is 1.67 bits per heavy atom. The lowest BCUT2D eigenvalue weighted by molar-refractivity contribution is 0.462. The zero-order chi connectivity index (χ0) is 10.2. The average Bonchev–Trinajstić information content (AvgIpc) is 2.58. The van der Waals surface area contributed by atoms with Crippen LogP contribution in [-0.4, -0.2) is 0 Å². The molecule has 0 aliphatic heterocycles. The molecule has 0 atom stereocenters. The maximum atomic E-state index is 6.30. The number of nitrogens with two attached hydrogens (primary N) is 1. The third-order valence-corrected chi connectivity index (χ3v) is 3.73. The molecule has 0 unspecified atom stereocenters. The minimum Gasteiger partial charge on any atom is -0.321 e. The summed E-state index contributed by atoms with van der Waals surface area (Å²) in [5.74, 6) is 0. The summed E-state index contributed by atoms with van der Waals surface area (Å²) in [5.41, 5.74) is 7.24. The lowest BCUT2D eigenvalue weighted by atomic mass is 9.89. The summed E-state index contributed by atoms with van der Waals surface area (Å²) < 4.78 is 0. The first kappa shape index (κ1) is 13.1. The molecule has 1 fully saturated rings. The molecule has 1 aromatic carbocycles. The summed E-state index contributed by atoms with van der Waals surface area (Å²) in [6.45, 7) is 0. The van der Waals surface area contributed by atoms with Crippen LogP contribution >= 0.6 is 35.6 Å². The molecule has 1 nitrogen and oxygen atoms in total. The fraction of sp³-hybridized carbons (Fsp3) is 0.455. The molecule has 0 saturated heterocycles. The van der Waals surface area contributed by atoms with Crippen molar-refractivity contribution in [3.63, 3.8) is 0 Å². The fourth-order valence-electron chi connectivity index (χ4n) is 2.10. The molecule has 84 valence electrons. The van der Waals surface area contributed by atoms with Crippen LogP contribution in [0.15, 0.2) is 18.2 Å². The van der Waals surface area contributed by atoms with Crippen molar-refractivity contribution in [3.8, 4) is 0 Å². The minimum atomic E-state index is -0.172. The SMILES string of the molecule is Cl.NC1(c2ccc(Cl)c(Cl)c2)CCCC1. The van der Waals surface area contributed by atoms with Crippen LogP contribution in [0.2, 0.25) is 10.0 Å². The van der Waals surface area contributed by atoms with Gasteiger partial charge in [-0.15, -0.1) is 12.4 Å². The average molecular weight is 267 g/mol. The van der Waals surface area contributed by atoms with Gasteiger partial charge in [0.25, 0.3) is 0 Å². The van der Waals surface area contributed by atoms with Gasteiger partial charge in [0.15, 0.2) is 0 Å². The molecule has 1 aliphatic rings. The highest BCUT2D eigenvalue weighted by Crippen LogP contribution is 2.38. The van der Waals surface area contributed by atoms with Gasteiger partial charge in [-0.1, -0.05) is 42.1 Å². The largest absolute Gasteiger partial charge is 0.321 e. The van der Waals surface area contributed by atoms with E-state index in [1.54, 1.807) is 0 Å². The second kappa shape index (κ2) is 4.92. The smallest absolute Gasteiger partial charge is 0.0595 e. The molecular formula is C11H14Cl3N. The quantitative estimate of drug-likeness (QED) is 0.812. The Hall–Kier alpha value is 0.0500. The highest BCUT2D eigenvalue weighted by atomic mass is 35.5. The van der Waals surface area contributed by atoms with Gasteiger partial charge in [0.2, 0.25) is 0 Å². The van der Waals surface area contributed by atoms with Gasteiger partial charge in [0, 0.05) is 5.54 Å². The third kappa shape index (κ3) is 2.59. The fourth-order valence-corrected chi connectivity index (χ4v) is 2.40. The predicted octanol–water partition coefficient (Wildman–Crippen LogP) is 4.14. The van der Waals surface area contributed by atoms with Crippen LogP contribution in [0.1, 0.15) is 31.2 Å². The Balaban J connectivity index is 0.00000112. The molecule has 4 heteroatoms. The van der Waals surface area contributed by atoms with Gasteiger partial charge in [-0.05, 0) is 30.5 Å². The van der Waals surface area contributed by atoms with Crippen molar-refractivity contribution >= 4 is 35.6 Å². The van der Waals surface area contributed by atoms with Crippen molar-refractivity contribution in [2.24, 2.45) is 5.73 Å². The lowest BCUT2D eigenvalue weighted by Crippen LogP contribution is -2.32. The Labute approximate surface area is 106 Å². The maximum Gasteiger partial charge on any atom is 0.0595 e. The first-order valence-corrected chi connectivity index (χ1v) is 5.62. The van der Waals surface area contributed by atoms with Crippen molar-refractivity contribution in [3.05, 3.63) is 33.8 Å². The predicted molar refractivity (Wildman–Crippen MR) is 68.0 cm³/mol. The zero-order valence-electron chi connectivity index (χ0n) is 8.30. The summed E-state index contributed by atoms with van der Waals surface area (Å²) >= 11 is 11.8. The highest BCUT2D eigenvalue weighted by molar-refractivity contribution is 6.42. The van der Waals surface area contributed by atoms with E-state index < -0.39 is 0 Å². The van der Waals surface area contributed by atoms with Gasteiger partial charge in [0.1, 0.15) is 0 Å².